The van der Waals surface area contributed by atoms with Crippen molar-refractivity contribution in [3.05, 3.63) is 0 Å². The predicted octanol–water partition coefficient (Wildman–Crippen LogP) is -0.485. The topological polar surface area (TPSA) is 79.8 Å². The van der Waals surface area contributed by atoms with Crippen molar-refractivity contribution >= 4 is 5.91 Å². The van der Waals surface area contributed by atoms with Gasteiger partial charge in [-0.25, -0.2) is 0 Å². The van der Waals surface area contributed by atoms with Crippen LogP contribution in [0.4, 0.5) is 0 Å². The van der Waals surface area contributed by atoms with E-state index in [0.717, 1.165) is 0 Å². The minimum atomic E-state index is -0.878. The Morgan fingerprint density at radius 2 is 1.94 bits per heavy atom. The fraction of sp³-hybridized carbons (Fsp3) is 0.917. The highest BCUT2D eigenvalue weighted by Crippen LogP contribution is 2.07. The number of nitrogens with one attached hydrogen (secondary N) is 2. The van der Waals surface area contributed by atoms with Crippen molar-refractivity contribution in [3.8, 4) is 0 Å². The number of carbonyl (C=O) groups excluding carboxylic acids is 1. The standard InChI is InChI=1S/C12H26N2O4/c1-10(11(15)13-6-8-18-4)14-9-12(2,16)5-7-17-3/h10,14,16H,5-9H2,1-4H3,(H,13,15). The van der Waals surface area contributed by atoms with Gasteiger partial charge in [-0.15, -0.1) is 0 Å². The second-order valence-electron chi connectivity index (χ2n) is 4.63. The lowest BCUT2D eigenvalue weighted by atomic mass is 10.0. The summed E-state index contributed by atoms with van der Waals surface area (Å²) in [6, 6.07) is -0.351. The van der Waals surface area contributed by atoms with Crippen LogP contribution in [0.2, 0.25) is 0 Å². The van der Waals surface area contributed by atoms with Gasteiger partial charge in [0.2, 0.25) is 5.91 Å². The minimum Gasteiger partial charge on any atom is -0.389 e. The maximum absolute atomic E-state index is 11.6. The Morgan fingerprint density at radius 3 is 2.50 bits per heavy atom. The highest BCUT2D eigenvalue weighted by molar-refractivity contribution is 5.81. The van der Waals surface area contributed by atoms with Crippen LogP contribution < -0.4 is 10.6 Å². The van der Waals surface area contributed by atoms with Gasteiger partial charge in [0, 0.05) is 40.3 Å². The van der Waals surface area contributed by atoms with E-state index in [9.17, 15) is 9.90 Å². The van der Waals surface area contributed by atoms with Crippen LogP contribution in [-0.4, -0.2) is 63.2 Å². The van der Waals surface area contributed by atoms with Crippen LogP contribution in [0.5, 0.6) is 0 Å². The van der Waals surface area contributed by atoms with Gasteiger partial charge >= 0.3 is 0 Å². The summed E-state index contributed by atoms with van der Waals surface area (Å²) in [5, 5.41) is 15.7. The summed E-state index contributed by atoms with van der Waals surface area (Å²) in [7, 11) is 3.18. The van der Waals surface area contributed by atoms with Crippen LogP contribution in [0.1, 0.15) is 20.3 Å². The zero-order valence-corrected chi connectivity index (χ0v) is 11.8. The van der Waals surface area contributed by atoms with Gasteiger partial charge in [-0.1, -0.05) is 0 Å². The maximum atomic E-state index is 11.6. The number of amides is 1. The Kier molecular flexibility index (Phi) is 8.91. The molecule has 0 aromatic heterocycles. The van der Waals surface area contributed by atoms with Crippen molar-refractivity contribution in [1.29, 1.82) is 0 Å². The molecule has 2 unspecified atom stereocenters. The molecule has 0 aromatic rings. The first kappa shape index (κ1) is 17.3. The van der Waals surface area contributed by atoms with Crippen molar-refractivity contribution in [2.75, 3.05) is 40.5 Å². The molecule has 0 aliphatic heterocycles. The molecule has 0 spiro atoms. The van der Waals surface area contributed by atoms with Gasteiger partial charge in [-0.2, -0.15) is 0 Å². The Morgan fingerprint density at radius 1 is 1.33 bits per heavy atom. The van der Waals surface area contributed by atoms with Gasteiger partial charge in [-0.05, 0) is 13.8 Å². The van der Waals surface area contributed by atoms with Crippen molar-refractivity contribution in [3.63, 3.8) is 0 Å². The second-order valence-corrected chi connectivity index (χ2v) is 4.63. The van der Waals surface area contributed by atoms with Crippen LogP contribution in [-0.2, 0) is 14.3 Å². The van der Waals surface area contributed by atoms with E-state index < -0.39 is 5.60 Å². The third kappa shape index (κ3) is 8.41. The Bertz CT molecular complexity index is 234. The van der Waals surface area contributed by atoms with Gasteiger partial charge in [0.25, 0.3) is 0 Å². The SMILES string of the molecule is COCCNC(=O)C(C)NCC(C)(O)CCOC. The molecule has 0 radical (unpaired) electrons. The number of aliphatic hydroxyl groups is 1. The molecular weight excluding hydrogens is 236 g/mol. The zero-order valence-electron chi connectivity index (χ0n) is 11.8. The predicted molar refractivity (Wildman–Crippen MR) is 69.5 cm³/mol. The zero-order chi connectivity index (χ0) is 14.0. The molecule has 0 aliphatic carbocycles. The first-order valence-corrected chi connectivity index (χ1v) is 6.14. The lowest BCUT2D eigenvalue weighted by molar-refractivity contribution is -0.123. The van der Waals surface area contributed by atoms with E-state index >= 15 is 0 Å². The van der Waals surface area contributed by atoms with Crippen molar-refractivity contribution in [2.24, 2.45) is 0 Å². The number of rotatable bonds is 10. The van der Waals surface area contributed by atoms with Crippen molar-refractivity contribution < 1.29 is 19.4 Å². The third-order valence-corrected chi connectivity index (χ3v) is 2.63. The van der Waals surface area contributed by atoms with E-state index in [4.69, 9.17) is 9.47 Å². The van der Waals surface area contributed by atoms with Crippen molar-refractivity contribution in [2.45, 2.75) is 31.9 Å². The number of carbonyl (C=O) groups is 1. The van der Waals surface area contributed by atoms with E-state index in [0.29, 0.717) is 32.7 Å². The van der Waals surface area contributed by atoms with Crippen LogP contribution >= 0.6 is 0 Å². The highest BCUT2D eigenvalue weighted by atomic mass is 16.5. The molecule has 0 rings (SSSR count). The number of hydrogen-bond acceptors (Lipinski definition) is 5. The monoisotopic (exact) mass is 262 g/mol. The number of hydrogen-bond donors (Lipinski definition) is 3. The van der Waals surface area contributed by atoms with E-state index in [-0.39, 0.29) is 11.9 Å². The van der Waals surface area contributed by atoms with Gasteiger partial charge in [0.05, 0.1) is 18.2 Å². The summed E-state index contributed by atoms with van der Waals surface area (Å²) in [6.45, 7) is 5.28. The molecule has 1 amide bonds. The molecule has 3 N–H and O–H groups in total. The fourth-order valence-electron chi connectivity index (χ4n) is 1.31. The Labute approximate surface area is 109 Å². The van der Waals surface area contributed by atoms with Crippen LogP contribution in [0.15, 0.2) is 0 Å². The first-order valence-electron chi connectivity index (χ1n) is 6.14. The molecule has 2 atom stereocenters. The maximum Gasteiger partial charge on any atom is 0.236 e. The fourth-order valence-corrected chi connectivity index (χ4v) is 1.31. The molecule has 0 saturated heterocycles. The third-order valence-electron chi connectivity index (χ3n) is 2.63. The molecular formula is C12H26N2O4. The van der Waals surface area contributed by atoms with Crippen LogP contribution in [0.25, 0.3) is 0 Å². The summed E-state index contributed by atoms with van der Waals surface area (Å²) in [6.07, 6.45) is 0.522. The molecule has 0 bridgehead atoms. The number of methoxy groups -OCH3 is 2. The first-order chi connectivity index (χ1) is 8.43. The normalized spacial score (nSPS) is 16.1. The molecule has 0 fully saturated rings. The van der Waals surface area contributed by atoms with Crippen LogP contribution in [0, 0.1) is 0 Å². The molecule has 0 aromatic carbocycles. The molecule has 0 heterocycles. The van der Waals surface area contributed by atoms with E-state index in [1.807, 2.05) is 0 Å². The van der Waals surface area contributed by atoms with Gasteiger partial charge in [-0.3, -0.25) is 4.79 Å². The largest absolute Gasteiger partial charge is 0.389 e. The smallest absolute Gasteiger partial charge is 0.236 e. The van der Waals surface area contributed by atoms with E-state index in [1.165, 1.54) is 0 Å². The Hall–Kier alpha value is -0.690. The lowest BCUT2D eigenvalue weighted by Crippen LogP contribution is -2.48. The second kappa shape index (κ2) is 9.27. The van der Waals surface area contributed by atoms with Crippen molar-refractivity contribution in [1.82, 2.24) is 10.6 Å². The molecule has 6 nitrogen and oxygen atoms in total. The van der Waals surface area contributed by atoms with Crippen LogP contribution in [0.3, 0.4) is 0 Å². The summed E-state index contributed by atoms with van der Waals surface area (Å²) in [5.41, 5.74) is -0.878. The minimum absolute atomic E-state index is 0.102. The number of ether oxygens (including phenoxy) is 2. The highest BCUT2D eigenvalue weighted by Gasteiger charge is 2.22. The Balaban J connectivity index is 3.86. The van der Waals surface area contributed by atoms with Gasteiger partial charge in [0.15, 0.2) is 0 Å². The summed E-state index contributed by atoms with van der Waals surface area (Å²) < 4.78 is 9.76. The quantitative estimate of drug-likeness (QED) is 0.463. The lowest BCUT2D eigenvalue weighted by Gasteiger charge is -2.25. The summed E-state index contributed by atoms with van der Waals surface area (Å²) in [4.78, 5) is 11.6. The molecule has 0 aliphatic rings. The van der Waals surface area contributed by atoms with E-state index in [2.05, 4.69) is 10.6 Å². The average molecular weight is 262 g/mol. The average Bonchev–Trinajstić information content (AvgIpc) is 2.34. The van der Waals surface area contributed by atoms with Gasteiger partial charge in [0.1, 0.15) is 0 Å². The summed E-state index contributed by atoms with van der Waals surface area (Å²) in [5.74, 6) is -0.102. The summed E-state index contributed by atoms with van der Waals surface area (Å²) >= 11 is 0. The molecule has 18 heavy (non-hydrogen) atoms. The molecule has 6 heteroatoms. The van der Waals surface area contributed by atoms with Gasteiger partial charge < -0.3 is 25.2 Å². The molecule has 108 valence electrons. The molecule has 0 saturated carbocycles. The van der Waals surface area contributed by atoms with E-state index in [1.54, 1.807) is 28.1 Å².